The minimum atomic E-state index is -0.626. The summed E-state index contributed by atoms with van der Waals surface area (Å²) in [6, 6.07) is 2.08. The van der Waals surface area contributed by atoms with E-state index in [1.54, 1.807) is 4.68 Å². The molecule has 0 amide bonds. The summed E-state index contributed by atoms with van der Waals surface area (Å²) in [6.07, 6.45) is 2.84. The molecule has 2 aliphatic heterocycles. The molecule has 0 aromatic carbocycles. The van der Waals surface area contributed by atoms with Crippen molar-refractivity contribution in [1.82, 2.24) is 20.3 Å². The number of rotatable bonds is 4. The molecule has 2 aromatic heterocycles. The van der Waals surface area contributed by atoms with Gasteiger partial charge in [-0.25, -0.2) is 0 Å². The molecule has 2 aliphatic rings. The van der Waals surface area contributed by atoms with Gasteiger partial charge in [-0.3, -0.25) is 4.68 Å². The lowest BCUT2D eigenvalue weighted by Crippen LogP contribution is -2.50. The SMILES string of the molecule is CC(CO)Cn1cc([C@@H]2C[C@]3(C[C@H](C)N2)OC[C@@H](O)c2cc(Cl)sc23)nn1. The van der Waals surface area contributed by atoms with Crippen LogP contribution in [0.3, 0.4) is 0 Å². The maximum atomic E-state index is 10.3. The fraction of sp³-hybridized carbons (Fsp3) is 0.667. The van der Waals surface area contributed by atoms with E-state index in [0.29, 0.717) is 17.3 Å². The summed E-state index contributed by atoms with van der Waals surface area (Å²) in [5.74, 6) is 0.128. The van der Waals surface area contributed by atoms with Crippen LogP contribution in [0.15, 0.2) is 12.3 Å². The van der Waals surface area contributed by atoms with Gasteiger partial charge in [-0.2, -0.15) is 0 Å². The second-order valence-corrected chi connectivity index (χ2v) is 9.52. The van der Waals surface area contributed by atoms with Gasteiger partial charge < -0.3 is 20.3 Å². The third-order valence-corrected chi connectivity index (χ3v) is 6.87. The van der Waals surface area contributed by atoms with Crippen LogP contribution in [0.25, 0.3) is 0 Å². The number of hydrogen-bond acceptors (Lipinski definition) is 7. The van der Waals surface area contributed by atoms with Crippen LogP contribution < -0.4 is 5.32 Å². The molecule has 27 heavy (non-hydrogen) atoms. The van der Waals surface area contributed by atoms with Crippen molar-refractivity contribution in [2.24, 2.45) is 5.92 Å². The molecule has 7 nitrogen and oxygen atoms in total. The Hall–Kier alpha value is -1.03. The zero-order valence-electron chi connectivity index (χ0n) is 15.4. The Labute approximate surface area is 167 Å². The van der Waals surface area contributed by atoms with Crippen LogP contribution >= 0.6 is 22.9 Å². The normalized spacial score (nSPS) is 31.8. The lowest BCUT2D eigenvalue weighted by atomic mass is 9.79. The molecule has 4 rings (SSSR count). The number of aromatic nitrogens is 3. The molecule has 0 saturated carbocycles. The smallest absolute Gasteiger partial charge is 0.106 e. The van der Waals surface area contributed by atoms with Crippen LogP contribution in [0.4, 0.5) is 0 Å². The van der Waals surface area contributed by atoms with Gasteiger partial charge in [0.2, 0.25) is 0 Å². The highest BCUT2D eigenvalue weighted by Gasteiger charge is 2.48. The van der Waals surface area contributed by atoms with Crippen LogP contribution in [0.5, 0.6) is 0 Å². The lowest BCUT2D eigenvalue weighted by Gasteiger charge is -2.46. The molecule has 3 N–H and O–H groups in total. The first kappa shape index (κ1) is 19.3. The molecule has 1 saturated heterocycles. The lowest BCUT2D eigenvalue weighted by molar-refractivity contribution is -0.129. The van der Waals surface area contributed by atoms with Gasteiger partial charge in [0.05, 0.1) is 28.9 Å². The molecule has 0 radical (unpaired) electrons. The fourth-order valence-electron chi connectivity index (χ4n) is 4.17. The molecule has 148 valence electrons. The van der Waals surface area contributed by atoms with Crippen LogP contribution in [0.1, 0.15) is 55.0 Å². The molecule has 0 aliphatic carbocycles. The Morgan fingerprint density at radius 1 is 1.52 bits per heavy atom. The average Bonchev–Trinajstić information content (AvgIpc) is 3.25. The molecule has 4 heterocycles. The first-order valence-electron chi connectivity index (χ1n) is 9.29. The number of nitrogens with zero attached hydrogens (tertiary/aromatic N) is 3. The van der Waals surface area contributed by atoms with Crippen molar-refractivity contribution in [3.05, 3.63) is 32.7 Å². The summed E-state index contributed by atoms with van der Waals surface area (Å²) < 4.78 is 8.70. The number of hydrogen-bond donors (Lipinski definition) is 3. The van der Waals surface area contributed by atoms with Crippen molar-refractivity contribution < 1.29 is 14.9 Å². The summed E-state index contributed by atoms with van der Waals surface area (Å²) in [5, 5.41) is 31.7. The van der Waals surface area contributed by atoms with Crippen LogP contribution in [0.2, 0.25) is 4.34 Å². The third-order valence-electron chi connectivity index (χ3n) is 5.40. The van der Waals surface area contributed by atoms with Crippen molar-refractivity contribution in [3.63, 3.8) is 0 Å². The molecule has 1 fully saturated rings. The molecular formula is C18H25ClN4O3S. The highest BCUT2D eigenvalue weighted by molar-refractivity contribution is 7.16. The van der Waals surface area contributed by atoms with E-state index >= 15 is 0 Å². The van der Waals surface area contributed by atoms with Gasteiger partial charge in [0, 0.05) is 36.1 Å². The van der Waals surface area contributed by atoms with Crippen LogP contribution in [-0.2, 0) is 16.9 Å². The third kappa shape index (κ3) is 3.66. The van der Waals surface area contributed by atoms with Gasteiger partial charge in [0.25, 0.3) is 0 Å². The van der Waals surface area contributed by atoms with Crippen molar-refractivity contribution >= 4 is 22.9 Å². The van der Waals surface area contributed by atoms with Gasteiger partial charge in [-0.15, -0.1) is 16.4 Å². The second kappa shape index (κ2) is 7.42. The molecular weight excluding hydrogens is 388 g/mol. The predicted octanol–water partition coefficient (Wildman–Crippen LogP) is 2.39. The Bertz CT molecular complexity index is 812. The maximum Gasteiger partial charge on any atom is 0.106 e. The fourth-order valence-corrected chi connectivity index (χ4v) is 5.63. The average molecular weight is 413 g/mol. The van der Waals surface area contributed by atoms with E-state index in [1.807, 2.05) is 19.2 Å². The number of aliphatic hydroxyl groups excluding tert-OH is 2. The minimum absolute atomic E-state index is 0.00380. The molecule has 1 spiro atoms. The molecule has 2 aromatic rings. The Morgan fingerprint density at radius 2 is 2.33 bits per heavy atom. The Morgan fingerprint density at radius 3 is 3.11 bits per heavy atom. The van der Waals surface area contributed by atoms with Crippen molar-refractivity contribution in [2.75, 3.05) is 13.2 Å². The van der Waals surface area contributed by atoms with E-state index < -0.39 is 11.7 Å². The van der Waals surface area contributed by atoms with Gasteiger partial charge in [0.15, 0.2) is 0 Å². The van der Waals surface area contributed by atoms with Crippen molar-refractivity contribution in [2.45, 2.75) is 57.0 Å². The van der Waals surface area contributed by atoms with Gasteiger partial charge in [-0.05, 0) is 25.3 Å². The molecule has 5 atom stereocenters. The number of thiophene rings is 1. The molecule has 9 heteroatoms. The zero-order valence-corrected chi connectivity index (χ0v) is 17.0. The molecule has 0 bridgehead atoms. The standard InChI is InChI=1S/C18H25ClN4O3S/c1-10(8-24)6-23-7-14(21-22-23)13-5-18(4-11(2)20-13)17-12(3-16(19)27-17)15(25)9-26-18/h3,7,10-11,13,15,20,24-25H,4-6,8-9H2,1-2H3/t10?,11-,13-,15+,18-/m0/s1. The van der Waals surface area contributed by atoms with Crippen LogP contribution in [0, 0.1) is 5.92 Å². The highest BCUT2D eigenvalue weighted by atomic mass is 35.5. The van der Waals surface area contributed by atoms with Crippen molar-refractivity contribution in [1.29, 1.82) is 0 Å². The van der Waals surface area contributed by atoms with Crippen molar-refractivity contribution in [3.8, 4) is 0 Å². The monoisotopic (exact) mass is 412 g/mol. The summed E-state index contributed by atoms with van der Waals surface area (Å²) in [4.78, 5) is 1.03. The number of nitrogens with one attached hydrogen (secondary N) is 1. The highest BCUT2D eigenvalue weighted by Crippen LogP contribution is 2.51. The maximum absolute atomic E-state index is 10.3. The van der Waals surface area contributed by atoms with E-state index in [1.165, 1.54) is 11.3 Å². The molecule has 1 unspecified atom stereocenters. The Balaban J connectivity index is 1.62. The quantitative estimate of drug-likeness (QED) is 0.714. The number of piperidine rings is 1. The van der Waals surface area contributed by atoms with Gasteiger partial charge >= 0.3 is 0 Å². The summed E-state index contributed by atoms with van der Waals surface area (Å²) in [6.45, 7) is 5.13. The van der Waals surface area contributed by atoms with E-state index in [0.717, 1.165) is 22.6 Å². The zero-order chi connectivity index (χ0) is 19.2. The topological polar surface area (TPSA) is 92.4 Å². The van der Waals surface area contributed by atoms with Gasteiger partial charge in [-0.1, -0.05) is 23.7 Å². The van der Waals surface area contributed by atoms with E-state index in [9.17, 15) is 10.2 Å². The summed E-state index contributed by atoms with van der Waals surface area (Å²) >= 11 is 7.76. The summed E-state index contributed by atoms with van der Waals surface area (Å²) in [5.41, 5.74) is 1.29. The summed E-state index contributed by atoms with van der Waals surface area (Å²) in [7, 11) is 0. The van der Waals surface area contributed by atoms with E-state index in [-0.39, 0.29) is 31.2 Å². The number of aliphatic hydroxyl groups is 2. The first-order chi connectivity index (χ1) is 12.9. The Kier molecular flexibility index (Phi) is 5.30. The second-order valence-electron chi connectivity index (χ2n) is 7.84. The minimum Gasteiger partial charge on any atom is -0.396 e. The largest absolute Gasteiger partial charge is 0.396 e. The number of halogens is 1. The van der Waals surface area contributed by atoms with E-state index in [2.05, 4.69) is 22.6 Å². The number of ether oxygens (including phenoxy) is 1. The first-order valence-corrected chi connectivity index (χ1v) is 10.5. The van der Waals surface area contributed by atoms with E-state index in [4.69, 9.17) is 16.3 Å². The predicted molar refractivity (Wildman–Crippen MR) is 103 cm³/mol. The van der Waals surface area contributed by atoms with Crippen LogP contribution in [-0.4, -0.2) is 44.5 Å². The number of fused-ring (bicyclic) bond motifs is 2. The van der Waals surface area contributed by atoms with Gasteiger partial charge in [0.1, 0.15) is 11.7 Å².